The number of carbonyl (C=O) groups is 4. The Hall–Kier alpha value is -2.68. The fourth-order valence-corrected chi connectivity index (χ4v) is 1.06. The molecule has 0 aromatic heterocycles. The maximum atomic E-state index is 10.7. The molecule has 0 unspecified atom stereocenters. The minimum atomic E-state index is -1.82. The zero-order chi connectivity index (χ0) is 22.2. The first-order valence-corrected chi connectivity index (χ1v) is 8.38. The molecule has 0 aromatic rings. The van der Waals surface area contributed by atoms with Crippen molar-refractivity contribution in [2.24, 2.45) is 11.5 Å². The molecule has 0 fully saturated rings. The van der Waals surface area contributed by atoms with E-state index in [1.54, 1.807) is 0 Å². The molecule has 0 rings (SSSR count). The van der Waals surface area contributed by atoms with E-state index in [1.807, 2.05) is 0 Å². The predicted molar refractivity (Wildman–Crippen MR) is 99.6 cm³/mol. The number of carbonyl (C=O) groups excluding carboxylic acids is 2. The van der Waals surface area contributed by atoms with Crippen molar-refractivity contribution in [2.75, 3.05) is 52.5 Å². The molecule has 0 heterocycles. The molecule has 14 heteroatoms. The molecule has 28 heavy (non-hydrogen) atoms. The van der Waals surface area contributed by atoms with E-state index >= 15 is 0 Å². The summed E-state index contributed by atoms with van der Waals surface area (Å²) in [4.78, 5) is 39.6. The van der Waals surface area contributed by atoms with Crippen molar-refractivity contribution in [3.05, 3.63) is 0 Å². The highest BCUT2D eigenvalue weighted by molar-refractivity contribution is 6.27. The van der Waals surface area contributed by atoms with Crippen LogP contribution in [-0.4, -0.2) is 96.9 Å². The van der Waals surface area contributed by atoms with Crippen LogP contribution < -0.4 is 32.7 Å². The maximum Gasteiger partial charge on any atom is 0.414 e. The van der Waals surface area contributed by atoms with Gasteiger partial charge in [0, 0.05) is 52.5 Å². The highest BCUT2D eigenvalue weighted by Crippen LogP contribution is 1.72. The van der Waals surface area contributed by atoms with Crippen molar-refractivity contribution >= 4 is 24.0 Å². The quantitative estimate of drug-likeness (QED) is 0.125. The average molecular weight is 412 g/mol. The number of aliphatic carboxylic acids is 2. The largest absolute Gasteiger partial charge is 0.473 e. The molecule has 0 bridgehead atoms. The van der Waals surface area contributed by atoms with Gasteiger partial charge in [-0.3, -0.25) is 0 Å². The van der Waals surface area contributed by atoms with Crippen LogP contribution in [0.1, 0.15) is 12.8 Å². The third-order valence-electron chi connectivity index (χ3n) is 2.28. The van der Waals surface area contributed by atoms with Crippen LogP contribution in [0.15, 0.2) is 0 Å². The second kappa shape index (κ2) is 24.3. The average Bonchev–Trinajstić information content (AvgIpc) is 2.66. The molecule has 12 N–H and O–H groups in total. The Bertz CT molecular complexity index is 387. The molecule has 0 atom stereocenters. The number of carboxylic acids is 2. The molecule has 14 nitrogen and oxygen atoms in total. The van der Waals surface area contributed by atoms with E-state index in [9.17, 15) is 9.59 Å². The van der Waals surface area contributed by atoms with Crippen molar-refractivity contribution in [3.63, 3.8) is 0 Å². The number of hydrogen-bond donors (Lipinski definition) is 10. The monoisotopic (exact) mass is 412 g/mol. The summed E-state index contributed by atoms with van der Waals surface area (Å²) in [6.45, 7) is 3.00. The lowest BCUT2D eigenvalue weighted by molar-refractivity contribution is -0.159. The molecular weight excluding hydrogens is 380 g/mol. The first-order chi connectivity index (χ1) is 13.3. The molecule has 0 radical (unpaired) electrons. The molecule has 166 valence electrons. The second-order valence-electron chi connectivity index (χ2n) is 4.71. The number of aliphatic hydroxyl groups excluding tert-OH is 2. The standard InChI is InChI=1S/2C6H15N3O2.C2H2O4/c2*7-2-4-9-6(11)8-3-1-5-10;3-1(4)2(5)6/h2*10H,1-5,7H2,(H2,8,9,11);(H,3,4)(H,5,6). The van der Waals surface area contributed by atoms with Crippen molar-refractivity contribution < 1.29 is 39.6 Å². The van der Waals surface area contributed by atoms with E-state index in [0.717, 1.165) is 0 Å². The molecular formula is C14H32N6O8. The third kappa shape index (κ3) is 31.1. The summed E-state index contributed by atoms with van der Waals surface area (Å²) in [5, 5.41) is 41.7. The van der Waals surface area contributed by atoms with Gasteiger partial charge in [0.25, 0.3) is 0 Å². The van der Waals surface area contributed by atoms with Crippen LogP contribution in [0.5, 0.6) is 0 Å². The summed E-state index contributed by atoms with van der Waals surface area (Å²) in [5.41, 5.74) is 10.3. The fourth-order valence-electron chi connectivity index (χ4n) is 1.06. The van der Waals surface area contributed by atoms with Crippen molar-refractivity contribution in [1.82, 2.24) is 21.3 Å². The Morgan fingerprint density at radius 2 is 0.893 bits per heavy atom. The van der Waals surface area contributed by atoms with Gasteiger partial charge in [0.1, 0.15) is 0 Å². The van der Waals surface area contributed by atoms with Crippen LogP contribution in [0.3, 0.4) is 0 Å². The van der Waals surface area contributed by atoms with E-state index < -0.39 is 11.9 Å². The van der Waals surface area contributed by atoms with Gasteiger partial charge in [-0.05, 0) is 12.8 Å². The van der Waals surface area contributed by atoms with Crippen LogP contribution in [-0.2, 0) is 9.59 Å². The molecule has 0 aliphatic heterocycles. The fraction of sp³-hybridized carbons (Fsp3) is 0.714. The summed E-state index contributed by atoms with van der Waals surface area (Å²) >= 11 is 0. The second-order valence-corrected chi connectivity index (χ2v) is 4.71. The Morgan fingerprint density at radius 3 is 1.11 bits per heavy atom. The lowest BCUT2D eigenvalue weighted by Crippen LogP contribution is -2.38. The molecule has 0 spiro atoms. The predicted octanol–water partition coefficient (Wildman–Crippen LogP) is -3.59. The number of amides is 4. The third-order valence-corrected chi connectivity index (χ3v) is 2.28. The van der Waals surface area contributed by atoms with Gasteiger partial charge in [-0.1, -0.05) is 0 Å². The van der Waals surface area contributed by atoms with Crippen molar-refractivity contribution in [1.29, 1.82) is 0 Å². The SMILES string of the molecule is NCCNC(=O)NCCCO.NCCNC(=O)NCCCO.O=C(O)C(=O)O. The first-order valence-electron chi connectivity index (χ1n) is 8.38. The van der Waals surface area contributed by atoms with Crippen molar-refractivity contribution in [3.8, 4) is 0 Å². The summed E-state index contributed by atoms with van der Waals surface area (Å²) in [6.07, 6.45) is 1.16. The van der Waals surface area contributed by atoms with E-state index in [1.165, 1.54) is 0 Å². The van der Waals surface area contributed by atoms with Crippen LogP contribution >= 0.6 is 0 Å². The van der Waals surface area contributed by atoms with Gasteiger partial charge in [-0.2, -0.15) is 0 Å². The Kier molecular flexibility index (Phi) is 26.1. The maximum absolute atomic E-state index is 10.7. The van der Waals surface area contributed by atoms with E-state index in [4.69, 9.17) is 41.5 Å². The minimum Gasteiger partial charge on any atom is -0.473 e. The van der Waals surface area contributed by atoms with Crippen LogP contribution in [0.2, 0.25) is 0 Å². The molecule has 4 amide bonds. The number of urea groups is 2. The van der Waals surface area contributed by atoms with Crippen LogP contribution in [0.25, 0.3) is 0 Å². The summed E-state index contributed by atoms with van der Waals surface area (Å²) in [5.74, 6) is -3.65. The molecule has 0 aliphatic carbocycles. The highest BCUT2D eigenvalue weighted by Gasteiger charge is 2.04. The smallest absolute Gasteiger partial charge is 0.414 e. The van der Waals surface area contributed by atoms with E-state index in [-0.39, 0.29) is 25.3 Å². The Balaban J connectivity index is -0.000000351. The molecule has 0 aliphatic rings. The van der Waals surface area contributed by atoms with Crippen LogP contribution in [0.4, 0.5) is 9.59 Å². The van der Waals surface area contributed by atoms with E-state index in [0.29, 0.717) is 52.1 Å². The Morgan fingerprint density at radius 1 is 0.607 bits per heavy atom. The highest BCUT2D eigenvalue weighted by atomic mass is 16.4. The molecule has 0 aromatic carbocycles. The first kappa shape index (κ1) is 30.1. The van der Waals surface area contributed by atoms with Crippen LogP contribution in [0, 0.1) is 0 Å². The van der Waals surface area contributed by atoms with Gasteiger partial charge < -0.3 is 53.2 Å². The molecule has 0 saturated carbocycles. The topological polar surface area (TPSA) is 249 Å². The number of aliphatic hydroxyl groups is 2. The number of rotatable bonds is 10. The van der Waals surface area contributed by atoms with E-state index in [2.05, 4.69) is 21.3 Å². The van der Waals surface area contributed by atoms with Gasteiger partial charge in [-0.15, -0.1) is 0 Å². The minimum absolute atomic E-state index is 0.0944. The van der Waals surface area contributed by atoms with Gasteiger partial charge in [0.15, 0.2) is 0 Å². The summed E-state index contributed by atoms with van der Waals surface area (Å²) in [7, 11) is 0. The normalized spacial score (nSPS) is 8.86. The van der Waals surface area contributed by atoms with Gasteiger partial charge in [-0.25, -0.2) is 19.2 Å². The summed E-state index contributed by atoms with van der Waals surface area (Å²) < 4.78 is 0. The zero-order valence-corrected chi connectivity index (χ0v) is 15.6. The zero-order valence-electron chi connectivity index (χ0n) is 15.6. The van der Waals surface area contributed by atoms with Gasteiger partial charge in [0.2, 0.25) is 0 Å². The Labute approximate surface area is 162 Å². The number of hydrogen-bond acceptors (Lipinski definition) is 8. The lowest BCUT2D eigenvalue weighted by atomic mass is 10.4. The number of carboxylic acid groups (broad SMARTS) is 2. The number of nitrogens with one attached hydrogen (secondary N) is 4. The van der Waals surface area contributed by atoms with Gasteiger partial charge >= 0.3 is 24.0 Å². The number of nitrogens with two attached hydrogens (primary N) is 2. The lowest BCUT2D eigenvalue weighted by Gasteiger charge is -2.04. The summed E-state index contributed by atoms with van der Waals surface area (Å²) in [6, 6.07) is -0.465. The molecule has 0 saturated heterocycles. The van der Waals surface area contributed by atoms with Gasteiger partial charge in [0.05, 0.1) is 0 Å². The van der Waals surface area contributed by atoms with Crippen molar-refractivity contribution in [2.45, 2.75) is 12.8 Å².